The molecule has 0 saturated heterocycles. The Labute approximate surface area is 328 Å². The number of carboxylic acids is 1. The molecule has 11 nitrogen and oxygen atoms in total. The van der Waals surface area contributed by atoms with Crippen molar-refractivity contribution >= 4 is 25.7 Å². The Balaban J connectivity index is 4.38. The van der Waals surface area contributed by atoms with Crippen molar-refractivity contribution in [3.05, 3.63) is 24.3 Å². The molecule has 54 heavy (non-hydrogen) atoms. The number of carboxylic acid groups (broad SMARTS) is 1. The van der Waals surface area contributed by atoms with Crippen LogP contribution in [-0.4, -0.2) is 59.9 Å². The highest BCUT2D eigenvalue weighted by Gasteiger charge is 2.28. The summed E-state index contributed by atoms with van der Waals surface area (Å²) in [6, 6.07) is -1.52. The van der Waals surface area contributed by atoms with Crippen LogP contribution in [0.5, 0.6) is 0 Å². The zero-order chi connectivity index (χ0) is 40.0. The maximum Gasteiger partial charge on any atom is 0.472 e. The van der Waals surface area contributed by atoms with Gasteiger partial charge >= 0.3 is 25.7 Å². The van der Waals surface area contributed by atoms with E-state index in [9.17, 15) is 23.8 Å². The molecule has 0 aliphatic carbocycles. The second-order valence-corrected chi connectivity index (χ2v) is 15.9. The number of phosphoric ester groups is 1. The van der Waals surface area contributed by atoms with Gasteiger partial charge in [0, 0.05) is 12.8 Å². The molecule has 0 spiro atoms. The molecule has 0 fully saturated rings. The van der Waals surface area contributed by atoms with Crippen molar-refractivity contribution in [1.29, 1.82) is 0 Å². The van der Waals surface area contributed by atoms with E-state index in [1.165, 1.54) is 89.9 Å². The molecule has 0 rings (SSSR count). The summed E-state index contributed by atoms with van der Waals surface area (Å²) in [4.78, 5) is 45.9. The van der Waals surface area contributed by atoms with E-state index in [4.69, 9.17) is 24.8 Å². The van der Waals surface area contributed by atoms with Crippen molar-refractivity contribution in [2.75, 3.05) is 19.8 Å². The third-order valence-corrected chi connectivity index (χ3v) is 10.2. The van der Waals surface area contributed by atoms with Crippen LogP contribution in [0, 0.1) is 0 Å². The molecule has 0 aromatic carbocycles. The lowest BCUT2D eigenvalue weighted by atomic mass is 10.0. The van der Waals surface area contributed by atoms with Crippen LogP contribution in [0.4, 0.5) is 0 Å². The molecule has 0 aliphatic rings. The highest BCUT2D eigenvalue weighted by molar-refractivity contribution is 7.47. The summed E-state index contributed by atoms with van der Waals surface area (Å²) in [6.07, 6.45) is 38.1. The van der Waals surface area contributed by atoms with Crippen molar-refractivity contribution in [1.82, 2.24) is 0 Å². The fourth-order valence-electron chi connectivity index (χ4n) is 5.80. The molecule has 0 aliphatic heterocycles. The van der Waals surface area contributed by atoms with Crippen molar-refractivity contribution < 1.29 is 47.5 Å². The number of rotatable bonds is 40. The van der Waals surface area contributed by atoms with Crippen LogP contribution in [0.2, 0.25) is 0 Å². The van der Waals surface area contributed by atoms with Gasteiger partial charge in [-0.25, -0.2) is 4.57 Å². The number of carbonyl (C=O) groups is 3. The first-order valence-electron chi connectivity index (χ1n) is 21.4. The van der Waals surface area contributed by atoms with Gasteiger partial charge in [0.15, 0.2) is 6.10 Å². The molecule has 12 heteroatoms. The lowest BCUT2D eigenvalue weighted by molar-refractivity contribution is -0.161. The molecular weight excluding hydrogens is 709 g/mol. The van der Waals surface area contributed by atoms with Crippen molar-refractivity contribution in [3.63, 3.8) is 0 Å². The summed E-state index contributed by atoms with van der Waals surface area (Å²) in [5.41, 5.74) is 5.33. The van der Waals surface area contributed by atoms with E-state index >= 15 is 0 Å². The lowest BCUT2D eigenvalue weighted by Crippen LogP contribution is -2.34. The minimum Gasteiger partial charge on any atom is -0.480 e. The molecule has 316 valence electrons. The fourth-order valence-corrected chi connectivity index (χ4v) is 6.58. The molecule has 0 amide bonds. The predicted molar refractivity (Wildman–Crippen MR) is 217 cm³/mol. The third kappa shape index (κ3) is 36.9. The van der Waals surface area contributed by atoms with Crippen molar-refractivity contribution in [2.24, 2.45) is 5.73 Å². The van der Waals surface area contributed by atoms with Gasteiger partial charge in [0.05, 0.1) is 13.2 Å². The maximum absolute atomic E-state index is 12.6. The maximum atomic E-state index is 12.6. The van der Waals surface area contributed by atoms with Crippen LogP contribution in [0.1, 0.15) is 194 Å². The average Bonchev–Trinajstić information content (AvgIpc) is 3.14. The second kappa shape index (κ2) is 37.9. The standard InChI is InChI=1S/C42H78NO10P/c1-3-5-7-9-11-13-15-17-19-21-23-25-27-29-31-33-40(44)50-35-38(36-51-54(48,49)52-37-39(43)42(46)47)53-41(45)34-32-30-28-26-24-22-20-18-16-14-12-10-8-6-4-2/h12,14,18,20,38-39H,3-11,13,15-17,19,21-37,43H2,1-2H3,(H,46,47)(H,48,49)/b14-12+,20-18+. The van der Waals surface area contributed by atoms with E-state index in [2.05, 4.69) is 42.7 Å². The Morgan fingerprint density at radius 1 is 0.574 bits per heavy atom. The van der Waals surface area contributed by atoms with Crippen molar-refractivity contribution in [3.8, 4) is 0 Å². The van der Waals surface area contributed by atoms with Gasteiger partial charge < -0.3 is 25.2 Å². The molecule has 0 aromatic heterocycles. The van der Waals surface area contributed by atoms with Gasteiger partial charge in [-0.05, 0) is 44.9 Å². The number of phosphoric acid groups is 1. The average molecular weight is 788 g/mol. The monoisotopic (exact) mass is 788 g/mol. The number of nitrogens with two attached hydrogens (primary N) is 1. The Hall–Kier alpha value is -2.04. The highest BCUT2D eigenvalue weighted by atomic mass is 31.2. The van der Waals surface area contributed by atoms with Crippen LogP contribution in [-0.2, 0) is 37.5 Å². The second-order valence-electron chi connectivity index (χ2n) is 14.5. The number of allylic oxidation sites excluding steroid dienone is 4. The summed E-state index contributed by atoms with van der Waals surface area (Å²) in [5, 5.41) is 8.88. The fraction of sp³-hybridized carbons (Fsp3) is 0.833. The summed E-state index contributed by atoms with van der Waals surface area (Å²) < 4.78 is 32.7. The zero-order valence-electron chi connectivity index (χ0n) is 34.1. The van der Waals surface area contributed by atoms with Crippen molar-refractivity contribution in [2.45, 2.75) is 206 Å². The smallest absolute Gasteiger partial charge is 0.472 e. The minimum atomic E-state index is -4.71. The molecule has 0 radical (unpaired) electrons. The molecule has 4 N–H and O–H groups in total. The van der Waals surface area contributed by atoms with E-state index in [0.29, 0.717) is 12.8 Å². The van der Waals surface area contributed by atoms with Crippen LogP contribution in [0.25, 0.3) is 0 Å². The van der Waals surface area contributed by atoms with Crippen LogP contribution < -0.4 is 5.73 Å². The Bertz CT molecular complexity index is 1020. The number of unbranched alkanes of at least 4 members (excludes halogenated alkanes) is 22. The molecule has 3 atom stereocenters. The number of hydrogen-bond acceptors (Lipinski definition) is 9. The molecule has 0 heterocycles. The molecular formula is C42H78NO10P. The molecule has 0 aromatic rings. The number of esters is 2. The zero-order valence-corrected chi connectivity index (χ0v) is 35.0. The largest absolute Gasteiger partial charge is 0.480 e. The first-order valence-corrected chi connectivity index (χ1v) is 22.9. The minimum absolute atomic E-state index is 0.148. The predicted octanol–water partition coefficient (Wildman–Crippen LogP) is 11.1. The van der Waals surface area contributed by atoms with Crippen LogP contribution in [0.3, 0.4) is 0 Å². The first kappa shape index (κ1) is 52.0. The summed E-state index contributed by atoms with van der Waals surface area (Å²) in [5.74, 6) is -2.39. The van der Waals surface area contributed by atoms with Gasteiger partial charge in [0.1, 0.15) is 12.6 Å². The Morgan fingerprint density at radius 3 is 1.48 bits per heavy atom. The topological polar surface area (TPSA) is 172 Å². The molecule has 0 bridgehead atoms. The lowest BCUT2D eigenvalue weighted by Gasteiger charge is -2.20. The number of carbonyl (C=O) groups excluding carboxylic acids is 2. The third-order valence-electron chi connectivity index (χ3n) is 9.20. The number of ether oxygens (including phenoxy) is 2. The van der Waals surface area contributed by atoms with E-state index in [1.807, 2.05) is 0 Å². The van der Waals surface area contributed by atoms with E-state index in [1.54, 1.807) is 0 Å². The van der Waals surface area contributed by atoms with Crippen LogP contribution in [0.15, 0.2) is 24.3 Å². The van der Waals surface area contributed by atoms with Crippen LogP contribution >= 0.6 is 7.82 Å². The quantitative estimate of drug-likeness (QED) is 0.0233. The molecule has 3 unspecified atom stereocenters. The van der Waals surface area contributed by atoms with E-state index < -0.39 is 51.1 Å². The number of hydrogen-bond donors (Lipinski definition) is 3. The van der Waals surface area contributed by atoms with Gasteiger partial charge in [-0.1, -0.05) is 160 Å². The normalized spacial score (nSPS) is 14.0. The van der Waals surface area contributed by atoms with E-state index in [-0.39, 0.29) is 19.4 Å². The summed E-state index contributed by atoms with van der Waals surface area (Å²) in [7, 11) is -4.71. The van der Waals surface area contributed by atoms with Gasteiger partial charge in [-0.15, -0.1) is 0 Å². The van der Waals surface area contributed by atoms with E-state index in [0.717, 1.165) is 64.2 Å². The highest BCUT2D eigenvalue weighted by Crippen LogP contribution is 2.43. The molecule has 0 saturated carbocycles. The first-order chi connectivity index (χ1) is 26.1. The van der Waals surface area contributed by atoms with Gasteiger partial charge in [0.2, 0.25) is 0 Å². The Kier molecular flexibility index (Phi) is 36.4. The number of aliphatic carboxylic acids is 1. The Morgan fingerprint density at radius 2 is 0.981 bits per heavy atom. The van der Waals surface area contributed by atoms with Gasteiger partial charge in [-0.2, -0.15) is 0 Å². The van der Waals surface area contributed by atoms with Gasteiger partial charge in [-0.3, -0.25) is 23.4 Å². The van der Waals surface area contributed by atoms with Gasteiger partial charge in [0.25, 0.3) is 0 Å². The summed E-state index contributed by atoms with van der Waals surface area (Å²) in [6.45, 7) is 2.77. The summed E-state index contributed by atoms with van der Waals surface area (Å²) >= 11 is 0. The SMILES string of the molecule is CCCCC/C=C/C/C=C/CCCCCCCC(=O)OC(COC(=O)CCCCCCCCCCCCCCCCC)COP(=O)(O)OCC(N)C(=O)O.